The van der Waals surface area contributed by atoms with Crippen LogP contribution in [-0.4, -0.2) is 32.1 Å². The number of Topliss-reactive ketones (excluding diaryl/α,β-unsaturated/α-hetero) is 1. The van der Waals surface area contributed by atoms with E-state index >= 15 is 0 Å². The van der Waals surface area contributed by atoms with Crippen molar-refractivity contribution in [3.05, 3.63) is 28.2 Å². The monoisotopic (exact) mass is 297 g/mol. The molecule has 1 aliphatic heterocycles. The molecule has 0 spiro atoms. The Balaban J connectivity index is 2.34. The molecule has 1 unspecified atom stereocenters. The molecule has 1 saturated heterocycles. The van der Waals surface area contributed by atoms with Crippen LogP contribution < -0.4 is 4.90 Å². The number of ketones is 1. The summed E-state index contributed by atoms with van der Waals surface area (Å²) in [6.07, 6.45) is 1.01. The highest BCUT2D eigenvalue weighted by Crippen LogP contribution is 2.28. The molecule has 1 aliphatic rings. The Labute approximate surface area is 110 Å². The number of benzene rings is 1. The van der Waals surface area contributed by atoms with E-state index in [1.54, 1.807) is 6.92 Å². The van der Waals surface area contributed by atoms with Gasteiger partial charge >= 0.3 is 0 Å². The Morgan fingerprint density at radius 2 is 2.29 bits per heavy atom. The SMILES string of the molecule is CC(=O)c1ccc(Br)cc1N(C)C1CCOC1. The molecule has 17 heavy (non-hydrogen) atoms. The fourth-order valence-electron chi connectivity index (χ4n) is 2.12. The number of carbonyl (C=O) groups excluding carboxylic acids is 1. The maximum absolute atomic E-state index is 11.6. The van der Waals surface area contributed by atoms with Crippen molar-refractivity contribution in [3.63, 3.8) is 0 Å². The summed E-state index contributed by atoms with van der Waals surface area (Å²) in [5.41, 5.74) is 1.74. The molecule has 0 aromatic heterocycles. The van der Waals surface area contributed by atoms with Gasteiger partial charge in [0.15, 0.2) is 5.78 Å². The molecule has 1 atom stereocenters. The molecular weight excluding hydrogens is 282 g/mol. The lowest BCUT2D eigenvalue weighted by Gasteiger charge is -2.27. The van der Waals surface area contributed by atoms with E-state index in [9.17, 15) is 4.79 Å². The van der Waals surface area contributed by atoms with Crippen molar-refractivity contribution in [1.29, 1.82) is 0 Å². The molecule has 0 aliphatic carbocycles. The Kier molecular flexibility index (Phi) is 3.84. The van der Waals surface area contributed by atoms with Crippen LogP contribution in [0.2, 0.25) is 0 Å². The second-order valence-corrected chi connectivity index (χ2v) is 5.26. The molecule has 0 saturated carbocycles. The number of hydrogen-bond donors (Lipinski definition) is 0. The fourth-order valence-corrected chi connectivity index (χ4v) is 2.47. The number of anilines is 1. The Hall–Kier alpha value is -0.870. The standard InChI is InChI=1S/C13H16BrNO2/c1-9(16)12-4-3-10(14)7-13(12)15(2)11-5-6-17-8-11/h3-4,7,11H,5-6,8H2,1-2H3. The van der Waals surface area contributed by atoms with Crippen molar-refractivity contribution in [3.8, 4) is 0 Å². The van der Waals surface area contributed by atoms with Crippen LogP contribution in [0.3, 0.4) is 0 Å². The van der Waals surface area contributed by atoms with Gasteiger partial charge in [-0.25, -0.2) is 0 Å². The predicted octanol–water partition coefficient (Wildman–Crippen LogP) is 2.88. The minimum atomic E-state index is 0.0956. The van der Waals surface area contributed by atoms with Crippen molar-refractivity contribution in [2.75, 3.05) is 25.2 Å². The van der Waals surface area contributed by atoms with Gasteiger partial charge in [0, 0.05) is 29.4 Å². The second kappa shape index (κ2) is 5.19. The van der Waals surface area contributed by atoms with Gasteiger partial charge in [0.05, 0.1) is 12.6 Å². The number of ether oxygens (including phenoxy) is 1. The topological polar surface area (TPSA) is 29.5 Å². The lowest BCUT2D eigenvalue weighted by atomic mass is 10.1. The molecule has 0 bridgehead atoms. The van der Waals surface area contributed by atoms with Gasteiger partial charge in [-0.3, -0.25) is 4.79 Å². The highest BCUT2D eigenvalue weighted by molar-refractivity contribution is 9.10. The number of likely N-dealkylation sites (N-methyl/N-ethyl adjacent to an activating group) is 1. The summed E-state index contributed by atoms with van der Waals surface area (Å²) in [6.45, 7) is 3.14. The van der Waals surface area contributed by atoms with E-state index in [1.165, 1.54) is 0 Å². The zero-order chi connectivity index (χ0) is 12.4. The summed E-state index contributed by atoms with van der Waals surface area (Å²) in [4.78, 5) is 13.8. The maximum Gasteiger partial charge on any atom is 0.161 e. The van der Waals surface area contributed by atoms with Gasteiger partial charge in [-0.05, 0) is 31.5 Å². The average molecular weight is 298 g/mol. The van der Waals surface area contributed by atoms with Crippen LogP contribution in [0.4, 0.5) is 5.69 Å². The van der Waals surface area contributed by atoms with Crippen molar-refractivity contribution in [1.82, 2.24) is 0 Å². The van der Waals surface area contributed by atoms with Crippen LogP contribution in [0.1, 0.15) is 23.7 Å². The van der Waals surface area contributed by atoms with Crippen molar-refractivity contribution >= 4 is 27.4 Å². The molecule has 0 radical (unpaired) electrons. The molecular formula is C13H16BrNO2. The van der Waals surface area contributed by atoms with Crippen molar-refractivity contribution in [2.24, 2.45) is 0 Å². The van der Waals surface area contributed by atoms with E-state index < -0.39 is 0 Å². The molecule has 2 rings (SSSR count). The smallest absolute Gasteiger partial charge is 0.161 e. The van der Waals surface area contributed by atoms with Gasteiger partial charge in [-0.15, -0.1) is 0 Å². The van der Waals surface area contributed by atoms with Crippen LogP contribution >= 0.6 is 15.9 Å². The van der Waals surface area contributed by atoms with Gasteiger partial charge in [-0.1, -0.05) is 15.9 Å². The third-order valence-corrected chi connectivity index (χ3v) is 3.67. The van der Waals surface area contributed by atoms with Crippen LogP contribution in [0, 0.1) is 0 Å². The van der Waals surface area contributed by atoms with Crippen LogP contribution in [-0.2, 0) is 4.74 Å². The Morgan fingerprint density at radius 1 is 1.53 bits per heavy atom. The lowest BCUT2D eigenvalue weighted by molar-refractivity contribution is 0.101. The number of nitrogens with zero attached hydrogens (tertiary/aromatic N) is 1. The minimum Gasteiger partial charge on any atom is -0.379 e. The van der Waals surface area contributed by atoms with E-state index in [2.05, 4.69) is 20.8 Å². The molecule has 1 heterocycles. The summed E-state index contributed by atoms with van der Waals surface area (Å²) in [5.74, 6) is 0.0956. The van der Waals surface area contributed by atoms with Crippen molar-refractivity contribution in [2.45, 2.75) is 19.4 Å². The second-order valence-electron chi connectivity index (χ2n) is 4.35. The first kappa shape index (κ1) is 12.6. The first-order chi connectivity index (χ1) is 8.09. The van der Waals surface area contributed by atoms with Crippen LogP contribution in [0.25, 0.3) is 0 Å². The largest absolute Gasteiger partial charge is 0.379 e. The van der Waals surface area contributed by atoms with Gasteiger partial charge in [0.1, 0.15) is 0 Å². The Morgan fingerprint density at radius 3 is 2.88 bits per heavy atom. The van der Waals surface area contributed by atoms with E-state index in [4.69, 9.17) is 4.74 Å². The minimum absolute atomic E-state index is 0.0956. The van der Waals surface area contributed by atoms with Gasteiger partial charge in [0.2, 0.25) is 0 Å². The zero-order valence-corrected chi connectivity index (χ0v) is 11.7. The maximum atomic E-state index is 11.6. The van der Waals surface area contributed by atoms with E-state index in [1.807, 2.05) is 25.2 Å². The first-order valence-electron chi connectivity index (χ1n) is 5.70. The normalized spacial score (nSPS) is 19.4. The van der Waals surface area contributed by atoms with Gasteiger partial charge < -0.3 is 9.64 Å². The van der Waals surface area contributed by atoms with Crippen LogP contribution in [0.5, 0.6) is 0 Å². The summed E-state index contributed by atoms with van der Waals surface area (Å²) in [5, 5.41) is 0. The molecule has 92 valence electrons. The summed E-state index contributed by atoms with van der Waals surface area (Å²) in [7, 11) is 2.02. The first-order valence-corrected chi connectivity index (χ1v) is 6.50. The van der Waals surface area contributed by atoms with Gasteiger partial charge in [0.25, 0.3) is 0 Å². The number of hydrogen-bond acceptors (Lipinski definition) is 3. The Bertz CT molecular complexity index is 427. The van der Waals surface area contributed by atoms with E-state index in [-0.39, 0.29) is 5.78 Å². The molecule has 1 aromatic rings. The summed E-state index contributed by atoms with van der Waals surface area (Å²) >= 11 is 3.45. The number of carbonyl (C=O) groups is 1. The number of halogens is 1. The van der Waals surface area contributed by atoms with Gasteiger partial charge in [-0.2, -0.15) is 0 Å². The zero-order valence-electron chi connectivity index (χ0n) is 10.1. The summed E-state index contributed by atoms with van der Waals surface area (Å²) < 4.78 is 6.38. The molecule has 0 N–H and O–H groups in total. The number of rotatable bonds is 3. The molecule has 4 heteroatoms. The average Bonchev–Trinajstić information content (AvgIpc) is 2.80. The van der Waals surface area contributed by atoms with Crippen LogP contribution in [0.15, 0.2) is 22.7 Å². The third kappa shape index (κ3) is 2.69. The predicted molar refractivity (Wildman–Crippen MR) is 71.8 cm³/mol. The lowest BCUT2D eigenvalue weighted by Crippen LogP contribution is -2.32. The molecule has 1 fully saturated rings. The van der Waals surface area contributed by atoms with E-state index in [0.717, 1.165) is 35.4 Å². The molecule has 1 aromatic carbocycles. The molecule has 0 amide bonds. The van der Waals surface area contributed by atoms with E-state index in [0.29, 0.717) is 6.04 Å². The third-order valence-electron chi connectivity index (χ3n) is 3.17. The summed E-state index contributed by atoms with van der Waals surface area (Å²) in [6, 6.07) is 6.13. The highest BCUT2D eigenvalue weighted by atomic mass is 79.9. The highest BCUT2D eigenvalue weighted by Gasteiger charge is 2.23. The quantitative estimate of drug-likeness (QED) is 0.804. The fraction of sp³-hybridized carbons (Fsp3) is 0.462. The molecule has 3 nitrogen and oxygen atoms in total. The van der Waals surface area contributed by atoms with Crippen molar-refractivity contribution < 1.29 is 9.53 Å².